The van der Waals surface area contributed by atoms with Gasteiger partial charge in [0.05, 0.1) is 5.38 Å². The van der Waals surface area contributed by atoms with Gasteiger partial charge >= 0.3 is 0 Å². The molecule has 0 saturated heterocycles. The Hall–Kier alpha value is -1.27. The normalized spacial score (nSPS) is 14.2. The second-order valence-electron chi connectivity index (χ2n) is 4.75. The van der Waals surface area contributed by atoms with Gasteiger partial charge in [0.15, 0.2) is 0 Å². The van der Waals surface area contributed by atoms with Gasteiger partial charge in [-0.05, 0) is 29.0 Å². The molecule has 0 heterocycles. The highest BCUT2D eigenvalue weighted by atomic mass is 35.5. The Balaban J connectivity index is 2.19. The monoisotopic (exact) mass is 258 g/mol. The molecule has 0 nitrogen and oxygen atoms in total. The molecular formula is C17H19Cl. The standard InChI is InChI=1S/C17H19Cl/c1-3-13(2)14-9-11-16(12-10-14)17(18)15-7-5-4-6-8-15/h4-13,17H,3H2,1-2H3. The minimum Gasteiger partial charge on any atom is -0.113 e. The molecule has 0 spiro atoms. The second-order valence-corrected chi connectivity index (χ2v) is 5.19. The maximum Gasteiger partial charge on any atom is 0.0835 e. The fraction of sp³-hybridized carbons (Fsp3) is 0.294. The zero-order chi connectivity index (χ0) is 13.0. The van der Waals surface area contributed by atoms with Gasteiger partial charge in [0.1, 0.15) is 0 Å². The number of alkyl halides is 1. The number of halogens is 1. The van der Waals surface area contributed by atoms with Crippen LogP contribution in [0.25, 0.3) is 0 Å². The van der Waals surface area contributed by atoms with E-state index in [1.165, 1.54) is 12.0 Å². The van der Waals surface area contributed by atoms with Crippen LogP contribution in [0.1, 0.15) is 48.3 Å². The first kappa shape index (κ1) is 13.2. The molecule has 94 valence electrons. The van der Waals surface area contributed by atoms with Crippen molar-refractivity contribution in [1.82, 2.24) is 0 Å². The minimum absolute atomic E-state index is 0.0582. The van der Waals surface area contributed by atoms with Crippen molar-refractivity contribution in [3.8, 4) is 0 Å². The van der Waals surface area contributed by atoms with E-state index in [4.69, 9.17) is 11.6 Å². The fourth-order valence-electron chi connectivity index (χ4n) is 2.04. The Kier molecular flexibility index (Phi) is 4.43. The number of hydrogen-bond acceptors (Lipinski definition) is 0. The number of benzene rings is 2. The molecule has 0 bridgehead atoms. The Morgan fingerprint density at radius 2 is 1.33 bits per heavy atom. The predicted molar refractivity (Wildman–Crippen MR) is 79.3 cm³/mol. The zero-order valence-electron chi connectivity index (χ0n) is 10.9. The van der Waals surface area contributed by atoms with E-state index >= 15 is 0 Å². The van der Waals surface area contributed by atoms with Crippen LogP contribution in [-0.2, 0) is 0 Å². The topological polar surface area (TPSA) is 0 Å². The van der Waals surface area contributed by atoms with Gasteiger partial charge in [-0.25, -0.2) is 0 Å². The van der Waals surface area contributed by atoms with Crippen LogP contribution in [0.3, 0.4) is 0 Å². The van der Waals surface area contributed by atoms with Crippen molar-refractivity contribution in [2.24, 2.45) is 0 Å². The highest BCUT2D eigenvalue weighted by molar-refractivity contribution is 6.22. The summed E-state index contributed by atoms with van der Waals surface area (Å²) in [5, 5.41) is -0.0582. The largest absolute Gasteiger partial charge is 0.113 e. The van der Waals surface area contributed by atoms with Crippen molar-refractivity contribution < 1.29 is 0 Å². The lowest BCUT2D eigenvalue weighted by Crippen LogP contribution is -1.95. The molecule has 2 atom stereocenters. The van der Waals surface area contributed by atoms with Crippen LogP contribution in [0.2, 0.25) is 0 Å². The summed E-state index contributed by atoms with van der Waals surface area (Å²) >= 11 is 6.50. The SMILES string of the molecule is CCC(C)c1ccc(C(Cl)c2ccccc2)cc1. The lowest BCUT2D eigenvalue weighted by molar-refractivity contribution is 0.733. The molecule has 0 aliphatic carbocycles. The average Bonchev–Trinajstić information content (AvgIpc) is 2.47. The van der Waals surface area contributed by atoms with E-state index in [-0.39, 0.29) is 5.38 Å². The predicted octanol–water partition coefficient (Wildman–Crippen LogP) is 5.53. The third-order valence-corrected chi connectivity index (χ3v) is 4.01. The van der Waals surface area contributed by atoms with Crippen LogP contribution >= 0.6 is 11.6 Å². The van der Waals surface area contributed by atoms with Crippen molar-refractivity contribution >= 4 is 11.6 Å². The summed E-state index contributed by atoms with van der Waals surface area (Å²) in [6, 6.07) is 18.9. The fourth-order valence-corrected chi connectivity index (χ4v) is 2.33. The summed E-state index contributed by atoms with van der Waals surface area (Å²) in [4.78, 5) is 0. The summed E-state index contributed by atoms with van der Waals surface area (Å²) < 4.78 is 0. The van der Waals surface area contributed by atoms with Gasteiger partial charge < -0.3 is 0 Å². The van der Waals surface area contributed by atoms with E-state index in [0.717, 1.165) is 11.1 Å². The molecule has 0 amide bonds. The molecule has 0 fully saturated rings. The summed E-state index contributed by atoms with van der Waals surface area (Å²) in [5.74, 6) is 0.615. The molecule has 0 saturated carbocycles. The first-order chi connectivity index (χ1) is 8.72. The molecule has 2 aromatic rings. The van der Waals surface area contributed by atoms with E-state index in [9.17, 15) is 0 Å². The second kappa shape index (κ2) is 6.06. The van der Waals surface area contributed by atoms with Gasteiger partial charge in [-0.1, -0.05) is 68.4 Å². The first-order valence-electron chi connectivity index (χ1n) is 6.51. The van der Waals surface area contributed by atoms with Gasteiger partial charge in [0.25, 0.3) is 0 Å². The van der Waals surface area contributed by atoms with Gasteiger partial charge in [-0.3, -0.25) is 0 Å². The Morgan fingerprint density at radius 3 is 1.89 bits per heavy atom. The Morgan fingerprint density at radius 1 is 0.833 bits per heavy atom. The lowest BCUT2D eigenvalue weighted by atomic mass is 9.96. The minimum atomic E-state index is -0.0582. The van der Waals surface area contributed by atoms with Gasteiger partial charge in [0, 0.05) is 0 Å². The van der Waals surface area contributed by atoms with Crippen molar-refractivity contribution in [3.05, 3.63) is 71.3 Å². The molecule has 0 aromatic heterocycles. The molecule has 1 heteroatoms. The van der Waals surface area contributed by atoms with E-state index in [1.807, 2.05) is 18.2 Å². The third-order valence-electron chi connectivity index (χ3n) is 3.50. The zero-order valence-corrected chi connectivity index (χ0v) is 11.7. The van der Waals surface area contributed by atoms with Crippen LogP contribution in [0.5, 0.6) is 0 Å². The Labute approximate surface area is 115 Å². The molecule has 2 unspecified atom stereocenters. The first-order valence-corrected chi connectivity index (χ1v) is 6.95. The summed E-state index contributed by atoms with van der Waals surface area (Å²) in [6.07, 6.45) is 1.17. The Bertz CT molecular complexity index is 473. The molecule has 0 radical (unpaired) electrons. The van der Waals surface area contributed by atoms with Crippen molar-refractivity contribution in [2.45, 2.75) is 31.6 Å². The molecule has 0 aliphatic heterocycles. The van der Waals surface area contributed by atoms with Crippen LogP contribution in [0, 0.1) is 0 Å². The maximum absolute atomic E-state index is 6.50. The molecular weight excluding hydrogens is 240 g/mol. The molecule has 0 aliphatic rings. The summed E-state index contributed by atoms with van der Waals surface area (Å²) in [7, 11) is 0. The molecule has 2 rings (SSSR count). The van der Waals surface area contributed by atoms with Crippen LogP contribution < -0.4 is 0 Å². The van der Waals surface area contributed by atoms with Crippen molar-refractivity contribution in [1.29, 1.82) is 0 Å². The van der Waals surface area contributed by atoms with Gasteiger partial charge in [-0.2, -0.15) is 0 Å². The van der Waals surface area contributed by atoms with Gasteiger partial charge in [0.2, 0.25) is 0 Å². The maximum atomic E-state index is 6.50. The van der Waals surface area contributed by atoms with Crippen LogP contribution in [-0.4, -0.2) is 0 Å². The smallest absolute Gasteiger partial charge is 0.0835 e. The van der Waals surface area contributed by atoms with Gasteiger partial charge in [-0.15, -0.1) is 11.6 Å². The average molecular weight is 259 g/mol. The van der Waals surface area contributed by atoms with Crippen molar-refractivity contribution in [2.75, 3.05) is 0 Å². The van der Waals surface area contributed by atoms with E-state index in [1.54, 1.807) is 0 Å². The molecule has 0 N–H and O–H groups in total. The highest BCUT2D eigenvalue weighted by Crippen LogP contribution is 2.29. The molecule has 18 heavy (non-hydrogen) atoms. The van der Waals surface area contributed by atoms with Crippen LogP contribution in [0.4, 0.5) is 0 Å². The van der Waals surface area contributed by atoms with E-state index in [2.05, 4.69) is 50.2 Å². The lowest BCUT2D eigenvalue weighted by Gasteiger charge is -2.13. The third kappa shape index (κ3) is 2.94. The summed E-state index contributed by atoms with van der Waals surface area (Å²) in [5.41, 5.74) is 3.70. The number of rotatable bonds is 4. The van der Waals surface area contributed by atoms with E-state index < -0.39 is 0 Å². The van der Waals surface area contributed by atoms with E-state index in [0.29, 0.717) is 5.92 Å². The quantitative estimate of drug-likeness (QED) is 0.633. The molecule has 2 aromatic carbocycles. The number of hydrogen-bond donors (Lipinski definition) is 0. The van der Waals surface area contributed by atoms with Crippen molar-refractivity contribution in [3.63, 3.8) is 0 Å². The summed E-state index contributed by atoms with van der Waals surface area (Å²) in [6.45, 7) is 4.47. The highest BCUT2D eigenvalue weighted by Gasteiger charge is 2.10. The van der Waals surface area contributed by atoms with Crippen LogP contribution in [0.15, 0.2) is 54.6 Å².